The normalized spacial score (nSPS) is 16.6. The highest BCUT2D eigenvalue weighted by Crippen LogP contribution is 2.14. The molecule has 2 aromatic rings. The van der Waals surface area contributed by atoms with E-state index in [1.807, 2.05) is 19.1 Å². The number of rotatable bonds is 6. The van der Waals surface area contributed by atoms with Crippen LogP contribution in [0.1, 0.15) is 42.8 Å². The minimum Gasteiger partial charge on any atom is -0.483 e. The van der Waals surface area contributed by atoms with E-state index in [0.717, 1.165) is 42.4 Å². The van der Waals surface area contributed by atoms with E-state index in [0.29, 0.717) is 12.6 Å². The molecule has 0 amide bonds. The minimum absolute atomic E-state index is 0.250. The first-order chi connectivity index (χ1) is 12.2. The van der Waals surface area contributed by atoms with Gasteiger partial charge in [-0.2, -0.15) is 0 Å². The van der Waals surface area contributed by atoms with Gasteiger partial charge in [0.25, 0.3) is 6.47 Å². The number of piperidine rings is 1. The predicted octanol–water partition coefficient (Wildman–Crippen LogP) is 2.16. The average molecular weight is 347 g/mol. The maximum absolute atomic E-state index is 8.36. The van der Waals surface area contributed by atoms with Gasteiger partial charge in [0, 0.05) is 23.9 Å². The highest BCUT2D eigenvalue weighted by molar-refractivity contribution is 5.35. The van der Waals surface area contributed by atoms with E-state index in [9.17, 15) is 0 Å². The molecule has 3 N–H and O–H groups in total. The largest absolute Gasteiger partial charge is 0.483 e. The Labute approximate surface area is 147 Å². The van der Waals surface area contributed by atoms with Gasteiger partial charge < -0.3 is 20.3 Å². The summed E-state index contributed by atoms with van der Waals surface area (Å²) in [6.07, 6.45) is 7.66. The van der Waals surface area contributed by atoms with Gasteiger partial charge in [0.15, 0.2) is 5.76 Å². The smallest absolute Gasteiger partial charge is 0.290 e. The Morgan fingerprint density at radius 3 is 2.92 bits per heavy atom. The molecular weight excluding hydrogens is 322 g/mol. The Hall–Kier alpha value is -2.48. The van der Waals surface area contributed by atoms with Crippen molar-refractivity contribution in [1.82, 2.24) is 20.4 Å². The zero-order chi connectivity index (χ0) is 17.9. The molecule has 8 heteroatoms. The second-order valence-electron chi connectivity index (χ2n) is 5.97. The standard InChI is InChI=1S/C16H23N5O.CH2O2/c1-12-8-15(22-21-12)10-18-16-9-14(19-11-20-16)6-5-13-4-2-3-7-17-13;2-1-3/h8-9,11,13,17H,2-7,10H2,1H3,(H,18,19,20);1H,(H,2,3). The molecule has 1 aliphatic heterocycles. The summed E-state index contributed by atoms with van der Waals surface area (Å²) >= 11 is 0. The molecular formula is C17H25N5O3. The average Bonchev–Trinajstić information content (AvgIpc) is 3.06. The Balaban J connectivity index is 0.000000701. The number of nitrogens with one attached hydrogen (secondary N) is 2. The van der Waals surface area contributed by atoms with Gasteiger partial charge >= 0.3 is 0 Å². The lowest BCUT2D eigenvalue weighted by Gasteiger charge is -2.23. The molecule has 0 saturated carbocycles. The van der Waals surface area contributed by atoms with Crippen LogP contribution in [-0.4, -0.2) is 39.3 Å². The van der Waals surface area contributed by atoms with E-state index in [2.05, 4.69) is 25.8 Å². The number of hydrogen-bond acceptors (Lipinski definition) is 7. The minimum atomic E-state index is -0.250. The summed E-state index contributed by atoms with van der Waals surface area (Å²) in [5.74, 6) is 1.64. The topological polar surface area (TPSA) is 113 Å². The lowest BCUT2D eigenvalue weighted by molar-refractivity contribution is -0.122. The zero-order valence-electron chi connectivity index (χ0n) is 14.4. The van der Waals surface area contributed by atoms with Gasteiger partial charge in [0.05, 0.1) is 12.2 Å². The third-order valence-electron chi connectivity index (χ3n) is 4.01. The second kappa shape index (κ2) is 10.4. The SMILES string of the molecule is Cc1cc(CNc2cc(CCC3CCCCN3)ncn2)on1.O=CO. The fourth-order valence-electron chi connectivity index (χ4n) is 2.80. The first-order valence-electron chi connectivity index (χ1n) is 8.49. The van der Waals surface area contributed by atoms with Crippen LogP contribution >= 0.6 is 0 Å². The van der Waals surface area contributed by atoms with Gasteiger partial charge in [-0.3, -0.25) is 4.79 Å². The van der Waals surface area contributed by atoms with Crippen molar-refractivity contribution in [2.75, 3.05) is 11.9 Å². The number of carbonyl (C=O) groups is 1. The van der Waals surface area contributed by atoms with E-state index in [1.165, 1.54) is 19.3 Å². The van der Waals surface area contributed by atoms with Crippen molar-refractivity contribution in [2.24, 2.45) is 0 Å². The number of aromatic nitrogens is 3. The van der Waals surface area contributed by atoms with Crippen molar-refractivity contribution in [3.8, 4) is 0 Å². The van der Waals surface area contributed by atoms with Crippen molar-refractivity contribution in [1.29, 1.82) is 0 Å². The number of anilines is 1. The van der Waals surface area contributed by atoms with Crippen LogP contribution in [0, 0.1) is 6.92 Å². The second-order valence-corrected chi connectivity index (χ2v) is 5.97. The van der Waals surface area contributed by atoms with Gasteiger partial charge in [-0.1, -0.05) is 11.6 Å². The first kappa shape index (κ1) is 18.9. The molecule has 1 fully saturated rings. The van der Waals surface area contributed by atoms with Crippen LogP contribution in [0.4, 0.5) is 5.82 Å². The molecule has 136 valence electrons. The van der Waals surface area contributed by atoms with Crippen LogP contribution in [0.2, 0.25) is 0 Å². The summed E-state index contributed by atoms with van der Waals surface area (Å²) < 4.78 is 5.18. The molecule has 0 bridgehead atoms. The molecule has 2 aromatic heterocycles. The summed E-state index contributed by atoms with van der Waals surface area (Å²) in [6, 6.07) is 4.58. The predicted molar refractivity (Wildman–Crippen MR) is 93.3 cm³/mol. The molecule has 0 spiro atoms. The Bertz CT molecular complexity index is 641. The van der Waals surface area contributed by atoms with E-state index < -0.39 is 0 Å². The van der Waals surface area contributed by atoms with E-state index in [-0.39, 0.29) is 6.47 Å². The summed E-state index contributed by atoms with van der Waals surface area (Å²) in [7, 11) is 0. The van der Waals surface area contributed by atoms with E-state index in [4.69, 9.17) is 14.4 Å². The fraction of sp³-hybridized carbons (Fsp3) is 0.529. The maximum Gasteiger partial charge on any atom is 0.290 e. The Kier molecular flexibility index (Phi) is 7.84. The highest BCUT2D eigenvalue weighted by Gasteiger charge is 2.12. The van der Waals surface area contributed by atoms with E-state index in [1.54, 1.807) is 6.33 Å². The lowest BCUT2D eigenvalue weighted by atomic mass is 10.00. The molecule has 3 rings (SSSR count). The Morgan fingerprint density at radius 1 is 1.40 bits per heavy atom. The molecule has 0 radical (unpaired) electrons. The maximum atomic E-state index is 8.36. The monoisotopic (exact) mass is 347 g/mol. The molecule has 1 atom stereocenters. The van der Waals surface area contributed by atoms with Crippen molar-refractivity contribution in [3.05, 3.63) is 35.6 Å². The van der Waals surface area contributed by atoms with Crippen molar-refractivity contribution in [3.63, 3.8) is 0 Å². The number of carboxylic acid groups (broad SMARTS) is 1. The highest BCUT2D eigenvalue weighted by atomic mass is 16.5. The van der Waals surface area contributed by atoms with Gasteiger partial charge in [0.2, 0.25) is 0 Å². The van der Waals surface area contributed by atoms with Crippen LogP contribution in [0.5, 0.6) is 0 Å². The van der Waals surface area contributed by atoms with Gasteiger partial charge in [-0.05, 0) is 39.2 Å². The van der Waals surface area contributed by atoms with Crippen LogP contribution < -0.4 is 10.6 Å². The quantitative estimate of drug-likeness (QED) is 0.681. The summed E-state index contributed by atoms with van der Waals surface area (Å²) in [4.78, 5) is 17.0. The number of hydrogen-bond donors (Lipinski definition) is 3. The molecule has 0 aliphatic carbocycles. The lowest BCUT2D eigenvalue weighted by Crippen LogP contribution is -2.34. The zero-order valence-corrected chi connectivity index (χ0v) is 14.4. The van der Waals surface area contributed by atoms with Crippen molar-refractivity contribution < 1.29 is 14.4 Å². The number of aryl methyl sites for hydroxylation is 2. The molecule has 3 heterocycles. The summed E-state index contributed by atoms with van der Waals surface area (Å²) in [5.41, 5.74) is 1.97. The van der Waals surface area contributed by atoms with Crippen LogP contribution in [-0.2, 0) is 17.8 Å². The summed E-state index contributed by atoms with van der Waals surface area (Å²) in [5, 5.41) is 17.6. The van der Waals surface area contributed by atoms with Crippen LogP contribution in [0.25, 0.3) is 0 Å². The molecule has 8 nitrogen and oxygen atoms in total. The first-order valence-corrected chi connectivity index (χ1v) is 8.49. The summed E-state index contributed by atoms with van der Waals surface area (Å²) in [6.45, 7) is 3.40. The molecule has 1 aliphatic rings. The van der Waals surface area contributed by atoms with Gasteiger partial charge in [0.1, 0.15) is 12.1 Å². The Morgan fingerprint density at radius 2 is 2.24 bits per heavy atom. The number of nitrogens with zero attached hydrogens (tertiary/aromatic N) is 3. The van der Waals surface area contributed by atoms with Crippen LogP contribution in [0.15, 0.2) is 23.0 Å². The fourth-order valence-corrected chi connectivity index (χ4v) is 2.80. The van der Waals surface area contributed by atoms with Crippen molar-refractivity contribution in [2.45, 2.75) is 51.6 Å². The third-order valence-corrected chi connectivity index (χ3v) is 4.01. The molecule has 1 unspecified atom stereocenters. The molecule has 25 heavy (non-hydrogen) atoms. The van der Waals surface area contributed by atoms with Gasteiger partial charge in [-0.15, -0.1) is 0 Å². The van der Waals surface area contributed by atoms with E-state index >= 15 is 0 Å². The van der Waals surface area contributed by atoms with Gasteiger partial charge in [-0.25, -0.2) is 9.97 Å². The third kappa shape index (κ3) is 6.88. The molecule has 0 aromatic carbocycles. The molecule has 1 saturated heterocycles. The van der Waals surface area contributed by atoms with Crippen molar-refractivity contribution >= 4 is 12.3 Å². The van der Waals surface area contributed by atoms with Crippen LogP contribution in [0.3, 0.4) is 0 Å².